The van der Waals surface area contributed by atoms with Gasteiger partial charge in [0, 0.05) is 18.7 Å². The number of benzene rings is 1. The summed E-state index contributed by atoms with van der Waals surface area (Å²) in [4.78, 5) is 22.7. The molecule has 0 aliphatic carbocycles. The van der Waals surface area contributed by atoms with Crippen molar-refractivity contribution in [2.24, 2.45) is 5.73 Å². The van der Waals surface area contributed by atoms with Crippen molar-refractivity contribution in [3.05, 3.63) is 30.3 Å². The molecule has 0 unspecified atom stereocenters. The van der Waals surface area contributed by atoms with E-state index in [0.717, 1.165) is 5.69 Å². The van der Waals surface area contributed by atoms with Crippen LogP contribution in [0.3, 0.4) is 0 Å². The molecule has 74 valence electrons. The Kier molecular flexibility index (Phi) is 3.67. The highest BCUT2D eigenvalue weighted by atomic mass is 16.1. The van der Waals surface area contributed by atoms with Crippen LogP contribution in [-0.2, 0) is 9.59 Å². The maximum atomic E-state index is 10.7. The maximum Gasteiger partial charge on any atom is 0.219 e. The summed E-state index contributed by atoms with van der Waals surface area (Å²) in [6, 6.07) is 9.12. The molecule has 2 amide bonds. The highest BCUT2D eigenvalue weighted by molar-refractivity contribution is 5.79. The SMILES string of the molecule is NC(=O)CCN(C=O)c1ccccc1. The quantitative estimate of drug-likeness (QED) is 0.691. The number of para-hydroxylation sites is 1. The predicted octanol–water partition coefficient (Wildman–Crippen LogP) is 0.525. The van der Waals surface area contributed by atoms with E-state index in [-0.39, 0.29) is 6.42 Å². The first kappa shape index (κ1) is 10.2. The Labute approximate surface area is 82.3 Å². The fourth-order valence-electron chi connectivity index (χ4n) is 1.09. The van der Waals surface area contributed by atoms with Crippen molar-refractivity contribution in [2.45, 2.75) is 6.42 Å². The van der Waals surface area contributed by atoms with E-state index in [9.17, 15) is 9.59 Å². The number of amides is 2. The summed E-state index contributed by atoms with van der Waals surface area (Å²) >= 11 is 0. The summed E-state index contributed by atoms with van der Waals surface area (Å²) in [6.07, 6.45) is 0.867. The fourth-order valence-corrected chi connectivity index (χ4v) is 1.09. The number of hydrogen-bond acceptors (Lipinski definition) is 2. The van der Waals surface area contributed by atoms with Crippen LogP contribution in [0.15, 0.2) is 30.3 Å². The van der Waals surface area contributed by atoms with E-state index in [2.05, 4.69) is 0 Å². The molecule has 1 aromatic carbocycles. The van der Waals surface area contributed by atoms with E-state index >= 15 is 0 Å². The third-order valence-corrected chi connectivity index (χ3v) is 1.81. The molecule has 4 heteroatoms. The Bertz CT molecular complexity index is 311. The van der Waals surface area contributed by atoms with Crippen molar-refractivity contribution >= 4 is 18.0 Å². The summed E-state index contributed by atoms with van der Waals surface area (Å²) in [5, 5.41) is 0. The van der Waals surface area contributed by atoms with Gasteiger partial charge in [0.05, 0.1) is 0 Å². The van der Waals surface area contributed by atoms with E-state index in [1.165, 1.54) is 4.90 Å². The van der Waals surface area contributed by atoms with Gasteiger partial charge in [0.2, 0.25) is 12.3 Å². The van der Waals surface area contributed by atoms with Crippen LogP contribution >= 0.6 is 0 Å². The van der Waals surface area contributed by atoms with Gasteiger partial charge in [-0.1, -0.05) is 18.2 Å². The number of nitrogens with zero attached hydrogens (tertiary/aromatic N) is 1. The molecule has 0 bridgehead atoms. The lowest BCUT2D eigenvalue weighted by atomic mass is 10.3. The predicted molar refractivity (Wildman–Crippen MR) is 53.7 cm³/mol. The second-order valence-corrected chi connectivity index (χ2v) is 2.85. The van der Waals surface area contributed by atoms with Gasteiger partial charge in [-0.15, -0.1) is 0 Å². The summed E-state index contributed by atoms with van der Waals surface area (Å²) in [5.41, 5.74) is 5.76. The molecule has 0 spiro atoms. The van der Waals surface area contributed by atoms with Gasteiger partial charge in [-0.25, -0.2) is 0 Å². The lowest BCUT2D eigenvalue weighted by molar-refractivity contribution is -0.117. The average molecular weight is 192 g/mol. The van der Waals surface area contributed by atoms with Crippen LogP contribution in [0.25, 0.3) is 0 Å². The van der Waals surface area contributed by atoms with Crippen LogP contribution in [-0.4, -0.2) is 18.9 Å². The highest BCUT2D eigenvalue weighted by Crippen LogP contribution is 2.10. The number of primary amides is 1. The van der Waals surface area contributed by atoms with E-state index in [4.69, 9.17) is 5.73 Å². The van der Waals surface area contributed by atoms with Crippen molar-refractivity contribution < 1.29 is 9.59 Å². The summed E-state index contributed by atoms with van der Waals surface area (Å²) < 4.78 is 0. The van der Waals surface area contributed by atoms with Crippen LogP contribution in [0.5, 0.6) is 0 Å². The van der Waals surface area contributed by atoms with E-state index in [1.54, 1.807) is 12.1 Å². The lowest BCUT2D eigenvalue weighted by Gasteiger charge is -2.15. The van der Waals surface area contributed by atoms with Crippen LogP contribution in [0.4, 0.5) is 5.69 Å². The molecule has 0 saturated carbocycles. The number of nitrogens with two attached hydrogens (primary N) is 1. The number of anilines is 1. The molecule has 1 aromatic rings. The average Bonchev–Trinajstić information content (AvgIpc) is 2.20. The van der Waals surface area contributed by atoms with Crippen LogP contribution < -0.4 is 10.6 Å². The number of hydrogen-bond donors (Lipinski definition) is 1. The molecule has 14 heavy (non-hydrogen) atoms. The smallest absolute Gasteiger partial charge is 0.219 e. The molecule has 2 N–H and O–H groups in total. The van der Waals surface area contributed by atoms with E-state index < -0.39 is 5.91 Å². The molecule has 0 aliphatic heterocycles. The Hall–Kier alpha value is -1.84. The highest BCUT2D eigenvalue weighted by Gasteiger charge is 2.05. The molecule has 0 aliphatic rings. The summed E-state index contributed by atoms with van der Waals surface area (Å²) in [6.45, 7) is 0.322. The van der Waals surface area contributed by atoms with Crippen molar-refractivity contribution in [1.82, 2.24) is 0 Å². The minimum absolute atomic E-state index is 0.174. The Morgan fingerprint density at radius 1 is 1.36 bits per heavy atom. The van der Waals surface area contributed by atoms with E-state index in [1.807, 2.05) is 18.2 Å². The first-order valence-electron chi connectivity index (χ1n) is 4.29. The molecular formula is C10H12N2O2. The molecule has 0 atom stereocenters. The summed E-state index contributed by atoms with van der Waals surface area (Å²) in [5.74, 6) is -0.409. The Morgan fingerprint density at radius 2 is 2.00 bits per heavy atom. The van der Waals surface area contributed by atoms with Crippen LogP contribution in [0, 0.1) is 0 Å². The van der Waals surface area contributed by atoms with Crippen molar-refractivity contribution in [3.8, 4) is 0 Å². The minimum atomic E-state index is -0.409. The van der Waals surface area contributed by atoms with Gasteiger partial charge in [-0.2, -0.15) is 0 Å². The van der Waals surface area contributed by atoms with Gasteiger partial charge in [0.1, 0.15) is 0 Å². The monoisotopic (exact) mass is 192 g/mol. The fraction of sp³-hybridized carbons (Fsp3) is 0.200. The second-order valence-electron chi connectivity index (χ2n) is 2.85. The molecule has 0 saturated heterocycles. The topological polar surface area (TPSA) is 63.4 Å². The first-order valence-corrected chi connectivity index (χ1v) is 4.29. The van der Waals surface area contributed by atoms with Crippen LogP contribution in [0.1, 0.15) is 6.42 Å². The van der Waals surface area contributed by atoms with Gasteiger partial charge >= 0.3 is 0 Å². The Balaban J connectivity index is 2.63. The Morgan fingerprint density at radius 3 is 2.50 bits per heavy atom. The first-order chi connectivity index (χ1) is 6.74. The zero-order valence-corrected chi connectivity index (χ0v) is 7.72. The van der Waals surface area contributed by atoms with Gasteiger partial charge in [-0.3, -0.25) is 9.59 Å². The molecule has 0 heterocycles. The van der Waals surface area contributed by atoms with Gasteiger partial charge in [0.25, 0.3) is 0 Å². The van der Waals surface area contributed by atoms with E-state index in [0.29, 0.717) is 13.0 Å². The molecular weight excluding hydrogens is 180 g/mol. The normalized spacial score (nSPS) is 9.43. The third-order valence-electron chi connectivity index (χ3n) is 1.81. The van der Waals surface area contributed by atoms with Crippen LogP contribution in [0.2, 0.25) is 0 Å². The lowest BCUT2D eigenvalue weighted by Crippen LogP contribution is -2.26. The zero-order chi connectivity index (χ0) is 10.4. The maximum absolute atomic E-state index is 10.7. The number of carbonyl (C=O) groups excluding carboxylic acids is 2. The molecule has 0 fully saturated rings. The zero-order valence-electron chi connectivity index (χ0n) is 7.72. The molecule has 4 nitrogen and oxygen atoms in total. The third kappa shape index (κ3) is 2.90. The van der Waals surface area contributed by atoms with Crippen molar-refractivity contribution in [1.29, 1.82) is 0 Å². The second kappa shape index (κ2) is 5.01. The van der Waals surface area contributed by atoms with Gasteiger partial charge in [-0.05, 0) is 12.1 Å². The molecule has 0 aromatic heterocycles. The van der Waals surface area contributed by atoms with Crippen molar-refractivity contribution in [2.75, 3.05) is 11.4 Å². The number of rotatable bonds is 5. The number of carbonyl (C=O) groups is 2. The van der Waals surface area contributed by atoms with Gasteiger partial charge in [0.15, 0.2) is 0 Å². The summed E-state index contributed by atoms with van der Waals surface area (Å²) in [7, 11) is 0. The van der Waals surface area contributed by atoms with Gasteiger partial charge < -0.3 is 10.6 Å². The van der Waals surface area contributed by atoms with Crippen molar-refractivity contribution in [3.63, 3.8) is 0 Å². The molecule has 0 radical (unpaired) electrons. The largest absolute Gasteiger partial charge is 0.370 e. The minimum Gasteiger partial charge on any atom is -0.370 e. The standard InChI is InChI=1S/C10H12N2O2/c11-10(14)6-7-12(8-13)9-4-2-1-3-5-9/h1-5,8H,6-7H2,(H2,11,14). The molecule has 1 rings (SSSR count).